The molecule has 1 aliphatic heterocycles. The number of hydrogen-bond donors (Lipinski definition) is 1. The molecule has 0 fully saturated rings. The van der Waals surface area contributed by atoms with Gasteiger partial charge in [0.05, 0.1) is 5.71 Å². The number of aliphatic imine (C=N–C) groups is 1. The lowest BCUT2D eigenvalue weighted by atomic mass is 9.92. The standard InChI is InChI=1S/C18H19N3O/c1-11(2)13-5-14(9-20-8-13)12-3-4-15-16(6-12)17(7-19)21-10-18(15)22/h3-6,8-9,11H,7,10,19H2,1-2H3. The highest BCUT2D eigenvalue weighted by molar-refractivity contribution is 6.16. The van der Waals surface area contributed by atoms with Gasteiger partial charge in [0.2, 0.25) is 0 Å². The van der Waals surface area contributed by atoms with Gasteiger partial charge in [0, 0.05) is 35.6 Å². The fraction of sp³-hybridized carbons (Fsp3) is 0.278. The van der Waals surface area contributed by atoms with Crippen LogP contribution in [0.1, 0.15) is 41.3 Å². The maximum atomic E-state index is 12.0. The minimum atomic E-state index is 0.0489. The van der Waals surface area contributed by atoms with E-state index in [0.717, 1.165) is 22.4 Å². The third-order valence-electron chi connectivity index (χ3n) is 4.00. The Hall–Kier alpha value is -2.33. The van der Waals surface area contributed by atoms with Gasteiger partial charge in [-0.05, 0) is 29.2 Å². The number of carbonyl (C=O) groups excluding carboxylic acids is 1. The van der Waals surface area contributed by atoms with Crippen molar-refractivity contribution in [3.05, 3.63) is 53.3 Å². The molecule has 0 bridgehead atoms. The lowest BCUT2D eigenvalue weighted by molar-refractivity contribution is 0.1000. The normalized spacial score (nSPS) is 14.0. The predicted molar refractivity (Wildman–Crippen MR) is 88.6 cm³/mol. The second kappa shape index (κ2) is 5.81. The van der Waals surface area contributed by atoms with Crippen LogP contribution in [-0.4, -0.2) is 29.6 Å². The summed E-state index contributed by atoms with van der Waals surface area (Å²) in [5.74, 6) is 0.473. The first-order chi connectivity index (χ1) is 10.6. The Morgan fingerprint density at radius 3 is 2.68 bits per heavy atom. The summed E-state index contributed by atoms with van der Waals surface area (Å²) in [5.41, 5.74) is 11.4. The number of ketones is 1. The molecule has 0 saturated heterocycles. The zero-order valence-corrected chi connectivity index (χ0v) is 12.8. The third kappa shape index (κ3) is 2.57. The highest BCUT2D eigenvalue weighted by Gasteiger charge is 2.20. The first kappa shape index (κ1) is 14.6. The van der Waals surface area contributed by atoms with E-state index in [1.54, 1.807) is 0 Å². The molecule has 112 valence electrons. The van der Waals surface area contributed by atoms with E-state index in [0.29, 0.717) is 18.0 Å². The van der Waals surface area contributed by atoms with E-state index in [1.165, 1.54) is 5.56 Å². The van der Waals surface area contributed by atoms with Crippen LogP contribution in [0.25, 0.3) is 11.1 Å². The van der Waals surface area contributed by atoms with Gasteiger partial charge >= 0.3 is 0 Å². The number of rotatable bonds is 3. The molecule has 3 rings (SSSR count). The van der Waals surface area contributed by atoms with E-state index in [-0.39, 0.29) is 12.3 Å². The quantitative estimate of drug-likeness (QED) is 0.946. The molecule has 1 aromatic heterocycles. The number of hydrogen-bond acceptors (Lipinski definition) is 4. The van der Waals surface area contributed by atoms with Crippen molar-refractivity contribution in [3.63, 3.8) is 0 Å². The van der Waals surface area contributed by atoms with Crippen LogP contribution in [0.5, 0.6) is 0 Å². The summed E-state index contributed by atoms with van der Waals surface area (Å²) >= 11 is 0. The fourth-order valence-corrected chi connectivity index (χ4v) is 2.65. The van der Waals surface area contributed by atoms with Crippen molar-refractivity contribution >= 4 is 11.5 Å². The highest BCUT2D eigenvalue weighted by atomic mass is 16.1. The molecule has 4 heteroatoms. The van der Waals surface area contributed by atoms with E-state index in [2.05, 4.69) is 29.9 Å². The van der Waals surface area contributed by atoms with Gasteiger partial charge in [0.1, 0.15) is 6.54 Å². The molecule has 0 saturated carbocycles. The molecule has 0 spiro atoms. The lowest BCUT2D eigenvalue weighted by Crippen LogP contribution is -2.24. The van der Waals surface area contributed by atoms with Crippen LogP contribution in [0.3, 0.4) is 0 Å². The summed E-state index contributed by atoms with van der Waals surface area (Å²) in [6, 6.07) is 7.99. The Kier molecular flexibility index (Phi) is 3.86. The van der Waals surface area contributed by atoms with E-state index >= 15 is 0 Å². The number of carbonyl (C=O) groups is 1. The first-order valence-electron chi connectivity index (χ1n) is 7.46. The van der Waals surface area contributed by atoms with Crippen molar-refractivity contribution in [2.75, 3.05) is 13.1 Å². The second-order valence-electron chi connectivity index (χ2n) is 5.81. The summed E-state index contributed by atoms with van der Waals surface area (Å²) < 4.78 is 0. The van der Waals surface area contributed by atoms with Gasteiger partial charge in [-0.3, -0.25) is 14.8 Å². The van der Waals surface area contributed by atoms with Gasteiger partial charge in [-0.1, -0.05) is 26.0 Å². The van der Waals surface area contributed by atoms with Crippen LogP contribution in [-0.2, 0) is 0 Å². The maximum absolute atomic E-state index is 12.0. The first-order valence-corrected chi connectivity index (χ1v) is 7.46. The van der Waals surface area contributed by atoms with Crippen LogP contribution in [0.15, 0.2) is 41.7 Å². The van der Waals surface area contributed by atoms with Gasteiger partial charge in [-0.2, -0.15) is 0 Å². The topological polar surface area (TPSA) is 68.3 Å². The Balaban J connectivity index is 2.09. The monoisotopic (exact) mass is 293 g/mol. The summed E-state index contributed by atoms with van der Waals surface area (Å²) in [6.45, 7) is 4.83. The average Bonchev–Trinajstić information content (AvgIpc) is 2.55. The number of pyridine rings is 1. The second-order valence-corrected chi connectivity index (χ2v) is 5.81. The van der Waals surface area contributed by atoms with Gasteiger partial charge < -0.3 is 5.73 Å². The molecule has 0 atom stereocenters. The SMILES string of the molecule is CC(C)c1cncc(-c2ccc3c(c2)C(CN)=NCC3=O)c1. The summed E-state index contributed by atoms with van der Waals surface area (Å²) in [7, 11) is 0. The largest absolute Gasteiger partial charge is 0.325 e. The van der Waals surface area contributed by atoms with Crippen molar-refractivity contribution in [2.45, 2.75) is 19.8 Å². The van der Waals surface area contributed by atoms with E-state index < -0.39 is 0 Å². The highest BCUT2D eigenvalue weighted by Crippen LogP contribution is 2.26. The number of nitrogens with two attached hydrogens (primary N) is 1. The molecule has 22 heavy (non-hydrogen) atoms. The van der Waals surface area contributed by atoms with Crippen molar-refractivity contribution in [2.24, 2.45) is 10.7 Å². The van der Waals surface area contributed by atoms with Crippen molar-refractivity contribution in [3.8, 4) is 11.1 Å². The molecular formula is C18H19N3O. The van der Waals surface area contributed by atoms with Crippen LogP contribution >= 0.6 is 0 Å². The Bertz CT molecular complexity index is 763. The summed E-state index contributed by atoms with van der Waals surface area (Å²) in [5, 5.41) is 0. The zero-order chi connectivity index (χ0) is 15.7. The van der Waals surface area contributed by atoms with Crippen LogP contribution in [0.4, 0.5) is 0 Å². The molecule has 4 nitrogen and oxygen atoms in total. The van der Waals surface area contributed by atoms with E-state index in [1.807, 2.05) is 30.6 Å². The van der Waals surface area contributed by atoms with Crippen LogP contribution in [0.2, 0.25) is 0 Å². The molecule has 0 radical (unpaired) electrons. The summed E-state index contributed by atoms with van der Waals surface area (Å²) in [4.78, 5) is 20.6. The third-order valence-corrected chi connectivity index (χ3v) is 4.00. The van der Waals surface area contributed by atoms with Gasteiger partial charge in [-0.25, -0.2) is 0 Å². The Morgan fingerprint density at radius 1 is 1.14 bits per heavy atom. The predicted octanol–water partition coefficient (Wildman–Crippen LogP) is 2.82. The smallest absolute Gasteiger partial charge is 0.184 e. The number of benzene rings is 1. The fourth-order valence-electron chi connectivity index (χ4n) is 2.65. The van der Waals surface area contributed by atoms with Crippen molar-refractivity contribution in [1.29, 1.82) is 0 Å². The van der Waals surface area contributed by atoms with Gasteiger partial charge in [0.15, 0.2) is 5.78 Å². The van der Waals surface area contributed by atoms with E-state index in [9.17, 15) is 4.79 Å². The molecule has 1 aliphatic rings. The minimum absolute atomic E-state index is 0.0489. The van der Waals surface area contributed by atoms with E-state index in [4.69, 9.17) is 5.73 Å². The maximum Gasteiger partial charge on any atom is 0.184 e. The number of aromatic nitrogens is 1. The number of Topliss-reactive ketones (excluding diaryl/α,β-unsaturated/α-hetero) is 1. The van der Waals surface area contributed by atoms with Crippen molar-refractivity contribution in [1.82, 2.24) is 4.98 Å². The molecule has 1 aromatic carbocycles. The molecular weight excluding hydrogens is 274 g/mol. The van der Waals surface area contributed by atoms with Gasteiger partial charge in [0.25, 0.3) is 0 Å². The summed E-state index contributed by atoms with van der Waals surface area (Å²) in [6.07, 6.45) is 3.74. The Morgan fingerprint density at radius 2 is 1.95 bits per heavy atom. The number of nitrogens with zero attached hydrogens (tertiary/aromatic N) is 2. The molecule has 0 amide bonds. The molecule has 0 aliphatic carbocycles. The Labute approximate surface area is 130 Å². The minimum Gasteiger partial charge on any atom is -0.325 e. The molecule has 0 unspecified atom stereocenters. The molecule has 2 N–H and O–H groups in total. The van der Waals surface area contributed by atoms with Crippen molar-refractivity contribution < 1.29 is 4.79 Å². The molecule has 2 heterocycles. The lowest BCUT2D eigenvalue weighted by Gasteiger charge is -2.16. The van der Waals surface area contributed by atoms with Crippen LogP contribution in [0, 0.1) is 0 Å². The van der Waals surface area contributed by atoms with Gasteiger partial charge in [-0.15, -0.1) is 0 Å². The zero-order valence-electron chi connectivity index (χ0n) is 12.8. The molecule has 2 aromatic rings. The average molecular weight is 293 g/mol. The van der Waals surface area contributed by atoms with Crippen LogP contribution < -0.4 is 5.73 Å². The number of fused-ring (bicyclic) bond motifs is 1.